The number of hydrogen-bond acceptors (Lipinski definition) is 3. The molecule has 0 bridgehead atoms. The fraction of sp³-hybridized carbons (Fsp3) is 0.500. The van der Waals surface area contributed by atoms with E-state index in [1.807, 2.05) is 17.0 Å². The van der Waals surface area contributed by atoms with Gasteiger partial charge in [-0.3, -0.25) is 4.79 Å². The van der Waals surface area contributed by atoms with Gasteiger partial charge in [0.2, 0.25) is 0 Å². The minimum Gasteiger partial charge on any atom is -0.479 e. The molecule has 5 heteroatoms. The van der Waals surface area contributed by atoms with Crippen molar-refractivity contribution >= 4 is 17.5 Å². The van der Waals surface area contributed by atoms with E-state index in [-0.39, 0.29) is 5.91 Å². The summed E-state index contributed by atoms with van der Waals surface area (Å²) in [5.74, 6) is 0.576. The van der Waals surface area contributed by atoms with Gasteiger partial charge in [0.1, 0.15) is 5.75 Å². The van der Waals surface area contributed by atoms with Gasteiger partial charge in [-0.25, -0.2) is 0 Å². The summed E-state index contributed by atoms with van der Waals surface area (Å²) in [5.41, 5.74) is 0. The lowest BCUT2D eigenvalue weighted by atomic mass is 10.2. The molecule has 0 N–H and O–H groups in total. The molecule has 104 valence electrons. The topological polar surface area (TPSA) is 32.8 Å². The highest BCUT2D eigenvalue weighted by Crippen LogP contribution is 2.24. The number of para-hydroxylation sites is 1. The van der Waals surface area contributed by atoms with Gasteiger partial charge in [0, 0.05) is 26.2 Å². The maximum absolute atomic E-state index is 12.3. The molecular weight excluding hydrogens is 264 g/mol. The first-order chi connectivity index (χ1) is 9.08. The highest BCUT2D eigenvalue weighted by atomic mass is 35.5. The van der Waals surface area contributed by atoms with Crippen LogP contribution < -0.4 is 4.74 Å². The summed E-state index contributed by atoms with van der Waals surface area (Å²) < 4.78 is 5.65. The van der Waals surface area contributed by atoms with Crippen molar-refractivity contribution < 1.29 is 9.53 Å². The van der Waals surface area contributed by atoms with Gasteiger partial charge in [0.15, 0.2) is 6.10 Å². The molecule has 1 atom stereocenters. The van der Waals surface area contributed by atoms with E-state index in [1.54, 1.807) is 19.1 Å². The van der Waals surface area contributed by atoms with E-state index in [4.69, 9.17) is 16.3 Å². The van der Waals surface area contributed by atoms with Crippen molar-refractivity contribution in [2.45, 2.75) is 13.0 Å². The molecule has 1 saturated heterocycles. The van der Waals surface area contributed by atoms with Crippen LogP contribution in [0, 0.1) is 0 Å². The van der Waals surface area contributed by atoms with Crippen LogP contribution >= 0.6 is 11.6 Å². The Bertz CT molecular complexity index is 445. The maximum atomic E-state index is 12.3. The number of halogens is 1. The second kappa shape index (κ2) is 6.26. The molecule has 1 amide bonds. The van der Waals surface area contributed by atoms with E-state index in [2.05, 4.69) is 11.9 Å². The number of benzene rings is 1. The first-order valence-corrected chi connectivity index (χ1v) is 6.84. The van der Waals surface area contributed by atoms with Crippen molar-refractivity contribution in [3.63, 3.8) is 0 Å². The van der Waals surface area contributed by atoms with Crippen molar-refractivity contribution in [2.75, 3.05) is 33.2 Å². The van der Waals surface area contributed by atoms with Gasteiger partial charge in [-0.2, -0.15) is 0 Å². The minimum atomic E-state index is -0.511. The predicted octanol–water partition coefficient (Wildman–Crippen LogP) is 1.88. The number of likely N-dealkylation sites (N-methyl/N-ethyl adjacent to an activating group) is 1. The highest BCUT2D eigenvalue weighted by Gasteiger charge is 2.25. The molecule has 0 aliphatic carbocycles. The molecule has 4 nitrogen and oxygen atoms in total. The van der Waals surface area contributed by atoms with Crippen LogP contribution in [0.2, 0.25) is 5.02 Å². The van der Waals surface area contributed by atoms with Crippen molar-refractivity contribution in [1.29, 1.82) is 0 Å². The summed E-state index contributed by atoms with van der Waals surface area (Å²) in [4.78, 5) is 16.3. The van der Waals surface area contributed by atoms with E-state index in [0.717, 1.165) is 26.2 Å². The summed E-state index contributed by atoms with van der Waals surface area (Å²) in [5, 5.41) is 0.528. The molecule has 0 aromatic heterocycles. The molecule has 0 saturated carbocycles. The average molecular weight is 283 g/mol. The first-order valence-electron chi connectivity index (χ1n) is 6.46. The van der Waals surface area contributed by atoms with Gasteiger partial charge in [-0.1, -0.05) is 23.7 Å². The molecule has 1 fully saturated rings. The Morgan fingerprint density at radius 2 is 1.89 bits per heavy atom. The fourth-order valence-corrected chi connectivity index (χ4v) is 2.25. The molecule has 1 aliphatic rings. The van der Waals surface area contributed by atoms with Crippen molar-refractivity contribution in [2.24, 2.45) is 0 Å². The second-order valence-electron chi connectivity index (χ2n) is 4.82. The zero-order valence-corrected chi connectivity index (χ0v) is 12.1. The Morgan fingerprint density at radius 1 is 1.26 bits per heavy atom. The average Bonchev–Trinajstić information content (AvgIpc) is 2.41. The SMILES string of the molecule is C[C@H](Oc1ccccc1Cl)C(=O)N1CCN(C)CC1. The smallest absolute Gasteiger partial charge is 0.263 e. The summed E-state index contributed by atoms with van der Waals surface area (Å²) >= 11 is 6.02. The molecule has 1 aliphatic heterocycles. The lowest BCUT2D eigenvalue weighted by Crippen LogP contribution is -2.50. The van der Waals surface area contributed by atoms with Crippen molar-refractivity contribution in [3.8, 4) is 5.75 Å². The molecule has 2 rings (SSSR count). The van der Waals surface area contributed by atoms with E-state index in [9.17, 15) is 4.79 Å². The van der Waals surface area contributed by atoms with E-state index in [1.165, 1.54) is 0 Å². The van der Waals surface area contributed by atoms with Gasteiger partial charge >= 0.3 is 0 Å². The highest BCUT2D eigenvalue weighted by molar-refractivity contribution is 6.32. The van der Waals surface area contributed by atoms with Gasteiger partial charge in [-0.15, -0.1) is 0 Å². The Labute approximate surface area is 118 Å². The molecule has 1 aromatic carbocycles. The number of rotatable bonds is 3. The third kappa shape index (κ3) is 3.61. The number of piperazine rings is 1. The molecule has 1 aromatic rings. The predicted molar refractivity (Wildman–Crippen MR) is 75.6 cm³/mol. The number of hydrogen-bond donors (Lipinski definition) is 0. The lowest BCUT2D eigenvalue weighted by Gasteiger charge is -2.33. The van der Waals surface area contributed by atoms with Crippen LogP contribution in [0.1, 0.15) is 6.92 Å². The Kier molecular flexibility index (Phi) is 4.66. The number of nitrogens with zero attached hydrogens (tertiary/aromatic N) is 2. The number of carbonyl (C=O) groups is 1. The van der Waals surface area contributed by atoms with E-state index < -0.39 is 6.10 Å². The third-order valence-corrected chi connectivity index (χ3v) is 3.62. The number of carbonyl (C=O) groups excluding carboxylic acids is 1. The van der Waals surface area contributed by atoms with Crippen LogP contribution in [0.4, 0.5) is 0 Å². The van der Waals surface area contributed by atoms with Crippen LogP contribution in [-0.4, -0.2) is 55.0 Å². The van der Waals surface area contributed by atoms with Crippen LogP contribution in [0.15, 0.2) is 24.3 Å². The quantitative estimate of drug-likeness (QED) is 0.849. The lowest BCUT2D eigenvalue weighted by molar-refractivity contribution is -0.139. The molecule has 0 spiro atoms. The van der Waals surface area contributed by atoms with Crippen LogP contribution in [0.5, 0.6) is 5.75 Å². The summed E-state index contributed by atoms with van der Waals surface area (Å²) in [7, 11) is 2.06. The van der Waals surface area contributed by atoms with E-state index >= 15 is 0 Å². The molecule has 0 radical (unpaired) electrons. The monoisotopic (exact) mass is 282 g/mol. The van der Waals surface area contributed by atoms with Crippen LogP contribution in [-0.2, 0) is 4.79 Å². The van der Waals surface area contributed by atoms with Crippen molar-refractivity contribution in [3.05, 3.63) is 29.3 Å². The molecule has 1 heterocycles. The van der Waals surface area contributed by atoms with Gasteiger partial charge in [0.25, 0.3) is 5.91 Å². The standard InChI is InChI=1S/C14H19ClN2O2/c1-11(19-13-6-4-3-5-12(13)15)14(18)17-9-7-16(2)8-10-17/h3-6,11H,7-10H2,1-2H3/t11-/m0/s1. The zero-order chi connectivity index (χ0) is 13.8. The van der Waals surface area contributed by atoms with E-state index in [0.29, 0.717) is 10.8 Å². The summed E-state index contributed by atoms with van der Waals surface area (Å²) in [6.45, 7) is 5.09. The molecular formula is C14H19ClN2O2. The van der Waals surface area contributed by atoms with Crippen LogP contribution in [0.3, 0.4) is 0 Å². The molecule has 0 unspecified atom stereocenters. The van der Waals surface area contributed by atoms with Gasteiger partial charge in [0.05, 0.1) is 5.02 Å². The maximum Gasteiger partial charge on any atom is 0.263 e. The summed E-state index contributed by atoms with van der Waals surface area (Å²) in [6, 6.07) is 7.20. The minimum absolute atomic E-state index is 0.0213. The van der Waals surface area contributed by atoms with Gasteiger partial charge in [-0.05, 0) is 26.1 Å². The normalized spacial score (nSPS) is 18.2. The number of ether oxygens (including phenoxy) is 1. The Hall–Kier alpha value is -1.26. The molecule has 19 heavy (non-hydrogen) atoms. The van der Waals surface area contributed by atoms with Crippen molar-refractivity contribution in [1.82, 2.24) is 9.80 Å². The fourth-order valence-electron chi connectivity index (χ4n) is 2.07. The first kappa shape index (κ1) is 14.2. The Morgan fingerprint density at radius 3 is 2.53 bits per heavy atom. The number of amides is 1. The van der Waals surface area contributed by atoms with Gasteiger partial charge < -0.3 is 14.5 Å². The zero-order valence-electron chi connectivity index (χ0n) is 11.3. The Balaban J connectivity index is 1.94. The third-order valence-electron chi connectivity index (χ3n) is 3.30. The van der Waals surface area contributed by atoms with Crippen LogP contribution in [0.25, 0.3) is 0 Å². The summed E-state index contributed by atoms with van der Waals surface area (Å²) in [6.07, 6.45) is -0.511. The second-order valence-corrected chi connectivity index (χ2v) is 5.23. The largest absolute Gasteiger partial charge is 0.479 e.